The van der Waals surface area contributed by atoms with E-state index in [0.717, 1.165) is 16.1 Å². The number of thiazole rings is 1. The van der Waals surface area contributed by atoms with Crippen LogP contribution in [0.2, 0.25) is 10.0 Å². The molecule has 116 valence electrons. The van der Waals surface area contributed by atoms with Crippen LogP contribution in [0.5, 0.6) is 0 Å². The van der Waals surface area contributed by atoms with Crippen molar-refractivity contribution in [2.24, 2.45) is 0 Å². The van der Waals surface area contributed by atoms with Crippen LogP contribution in [0.3, 0.4) is 0 Å². The fourth-order valence-corrected chi connectivity index (χ4v) is 3.37. The van der Waals surface area contributed by atoms with Gasteiger partial charge in [0, 0.05) is 10.4 Å². The molecule has 2 aromatic carbocycles. The Morgan fingerprint density at radius 3 is 2.57 bits per heavy atom. The number of aryl methyl sites for hydroxylation is 1. The highest BCUT2D eigenvalue weighted by Crippen LogP contribution is 2.31. The summed E-state index contributed by atoms with van der Waals surface area (Å²) in [5.74, 6) is -0.328. The highest BCUT2D eigenvalue weighted by atomic mass is 35.5. The number of amides is 1. The number of carbonyl (C=O) groups excluding carboxylic acids is 1. The third-order valence-corrected chi connectivity index (χ3v) is 4.97. The Balaban J connectivity index is 1.87. The Bertz CT molecular complexity index is 862. The smallest absolute Gasteiger partial charge is 0.259 e. The van der Waals surface area contributed by atoms with Gasteiger partial charge in [-0.3, -0.25) is 10.1 Å². The quantitative estimate of drug-likeness (QED) is 0.651. The van der Waals surface area contributed by atoms with Crippen LogP contribution in [0.4, 0.5) is 5.13 Å². The van der Waals surface area contributed by atoms with E-state index in [1.807, 2.05) is 37.3 Å². The molecule has 0 aliphatic heterocycles. The zero-order chi connectivity index (χ0) is 16.4. The molecule has 0 aliphatic rings. The van der Waals surface area contributed by atoms with Crippen LogP contribution in [0.15, 0.2) is 48.5 Å². The summed E-state index contributed by atoms with van der Waals surface area (Å²) in [6.07, 6.45) is 0. The summed E-state index contributed by atoms with van der Waals surface area (Å²) >= 11 is 13.4. The van der Waals surface area contributed by atoms with Gasteiger partial charge in [0.25, 0.3) is 5.91 Å². The van der Waals surface area contributed by atoms with Crippen molar-refractivity contribution in [3.8, 4) is 11.3 Å². The lowest BCUT2D eigenvalue weighted by molar-refractivity contribution is 0.102. The van der Waals surface area contributed by atoms with Crippen LogP contribution in [-0.4, -0.2) is 10.9 Å². The molecule has 0 aliphatic carbocycles. The number of hydrogen-bond donors (Lipinski definition) is 1. The monoisotopic (exact) mass is 362 g/mol. The SMILES string of the molecule is Cc1sc(NC(=O)c2cccc(Cl)c2Cl)nc1-c1ccccc1. The highest BCUT2D eigenvalue weighted by Gasteiger charge is 2.16. The van der Waals surface area contributed by atoms with Crippen LogP contribution >= 0.6 is 34.5 Å². The maximum atomic E-state index is 12.4. The summed E-state index contributed by atoms with van der Waals surface area (Å²) in [5.41, 5.74) is 2.21. The third kappa shape index (κ3) is 3.39. The van der Waals surface area contributed by atoms with Crippen molar-refractivity contribution < 1.29 is 4.79 Å². The molecular formula is C17H12Cl2N2OS. The molecular weight excluding hydrogens is 351 g/mol. The van der Waals surface area contributed by atoms with Gasteiger partial charge in [-0.25, -0.2) is 4.98 Å². The van der Waals surface area contributed by atoms with Gasteiger partial charge in [-0.1, -0.05) is 59.6 Å². The van der Waals surface area contributed by atoms with Gasteiger partial charge in [0.1, 0.15) is 0 Å². The molecule has 0 unspecified atom stereocenters. The molecule has 0 bridgehead atoms. The van der Waals surface area contributed by atoms with Crippen LogP contribution in [0, 0.1) is 6.92 Å². The van der Waals surface area contributed by atoms with Gasteiger partial charge in [0.15, 0.2) is 5.13 Å². The van der Waals surface area contributed by atoms with Crippen molar-refractivity contribution >= 4 is 45.6 Å². The van der Waals surface area contributed by atoms with Gasteiger partial charge in [0.2, 0.25) is 0 Å². The van der Waals surface area contributed by atoms with Crippen LogP contribution in [0.25, 0.3) is 11.3 Å². The van der Waals surface area contributed by atoms with Gasteiger partial charge >= 0.3 is 0 Å². The van der Waals surface area contributed by atoms with E-state index < -0.39 is 0 Å². The first-order valence-corrected chi connectivity index (χ1v) is 8.41. The lowest BCUT2D eigenvalue weighted by Crippen LogP contribution is -2.12. The average molecular weight is 363 g/mol. The first-order chi connectivity index (χ1) is 11.1. The van der Waals surface area contributed by atoms with Crippen molar-refractivity contribution in [3.63, 3.8) is 0 Å². The molecule has 1 N–H and O–H groups in total. The van der Waals surface area contributed by atoms with E-state index in [1.54, 1.807) is 18.2 Å². The Morgan fingerprint density at radius 2 is 1.83 bits per heavy atom. The molecule has 0 spiro atoms. The summed E-state index contributed by atoms with van der Waals surface area (Å²) in [6.45, 7) is 1.97. The number of halogens is 2. The summed E-state index contributed by atoms with van der Waals surface area (Å²) in [4.78, 5) is 17.9. The molecule has 23 heavy (non-hydrogen) atoms. The van der Waals surface area contributed by atoms with E-state index in [9.17, 15) is 4.79 Å². The molecule has 3 nitrogen and oxygen atoms in total. The van der Waals surface area contributed by atoms with E-state index in [0.29, 0.717) is 15.7 Å². The fraction of sp³-hybridized carbons (Fsp3) is 0.0588. The molecule has 1 heterocycles. The van der Waals surface area contributed by atoms with Gasteiger partial charge in [-0.2, -0.15) is 0 Å². The molecule has 3 aromatic rings. The van der Waals surface area contributed by atoms with E-state index in [-0.39, 0.29) is 10.9 Å². The first kappa shape index (κ1) is 16.0. The minimum atomic E-state index is -0.328. The predicted octanol–water partition coefficient (Wildman–Crippen LogP) is 5.68. The fourth-order valence-electron chi connectivity index (χ4n) is 2.16. The van der Waals surface area contributed by atoms with Gasteiger partial charge in [-0.05, 0) is 19.1 Å². The zero-order valence-corrected chi connectivity index (χ0v) is 14.5. The van der Waals surface area contributed by atoms with Gasteiger partial charge in [0.05, 0.1) is 21.3 Å². The number of anilines is 1. The summed E-state index contributed by atoms with van der Waals surface area (Å²) in [7, 11) is 0. The maximum absolute atomic E-state index is 12.4. The average Bonchev–Trinajstić information content (AvgIpc) is 2.91. The maximum Gasteiger partial charge on any atom is 0.259 e. The molecule has 0 saturated carbocycles. The normalized spacial score (nSPS) is 10.6. The van der Waals surface area contributed by atoms with Crippen LogP contribution in [-0.2, 0) is 0 Å². The highest BCUT2D eigenvalue weighted by molar-refractivity contribution is 7.16. The number of benzene rings is 2. The minimum Gasteiger partial charge on any atom is -0.298 e. The second-order valence-corrected chi connectivity index (χ2v) is 6.83. The summed E-state index contributed by atoms with van der Waals surface area (Å²) < 4.78 is 0. The lowest BCUT2D eigenvalue weighted by Gasteiger charge is -2.05. The molecule has 0 saturated heterocycles. The first-order valence-electron chi connectivity index (χ1n) is 6.84. The topological polar surface area (TPSA) is 42.0 Å². The van der Waals surface area contributed by atoms with E-state index >= 15 is 0 Å². The van der Waals surface area contributed by atoms with Gasteiger partial charge < -0.3 is 0 Å². The number of carbonyl (C=O) groups is 1. The third-order valence-electron chi connectivity index (χ3n) is 3.26. The van der Waals surface area contributed by atoms with Crippen molar-refractivity contribution in [1.82, 2.24) is 4.98 Å². The summed E-state index contributed by atoms with van der Waals surface area (Å²) in [5, 5.41) is 3.90. The van der Waals surface area contributed by atoms with Crippen molar-refractivity contribution in [2.45, 2.75) is 6.92 Å². The molecule has 1 aromatic heterocycles. The Hall–Kier alpha value is -1.88. The molecule has 6 heteroatoms. The van der Waals surface area contributed by atoms with Crippen molar-refractivity contribution in [1.29, 1.82) is 0 Å². The number of aromatic nitrogens is 1. The molecule has 0 atom stereocenters. The van der Waals surface area contributed by atoms with Crippen molar-refractivity contribution in [2.75, 3.05) is 5.32 Å². The van der Waals surface area contributed by atoms with Crippen LogP contribution in [0.1, 0.15) is 15.2 Å². The second kappa shape index (κ2) is 6.71. The van der Waals surface area contributed by atoms with Gasteiger partial charge in [-0.15, -0.1) is 11.3 Å². The zero-order valence-electron chi connectivity index (χ0n) is 12.1. The number of hydrogen-bond acceptors (Lipinski definition) is 3. The van der Waals surface area contributed by atoms with Crippen LogP contribution < -0.4 is 5.32 Å². The van der Waals surface area contributed by atoms with Crippen molar-refractivity contribution in [3.05, 3.63) is 69.0 Å². The lowest BCUT2D eigenvalue weighted by atomic mass is 10.1. The molecule has 0 radical (unpaired) electrons. The molecule has 3 rings (SSSR count). The second-order valence-electron chi connectivity index (χ2n) is 4.85. The van der Waals surface area contributed by atoms with E-state index in [4.69, 9.17) is 23.2 Å². The largest absolute Gasteiger partial charge is 0.298 e. The summed E-state index contributed by atoms with van der Waals surface area (Å²) in [6, 6.07) is 14.8. The Labute approximate surface area is 147 Å². The number of rotatable bonds is 3. The molecule has 1 amide bonds. The number of nitrogens with zero attached hydrogens (tertiary/aromatic N) is 1. The minimum absolute atomic E-state index is 0.239. The Morgan fingerprint density at radius 1 is 1.09 bits per heavy atom. The van der Waals surface area contributed by atoms with E-state index in [1.165, 1.54) is 11.3 Å². The number of nitrogens with one attached hydrogen (secondary N) is 1. The molecule has 0 fully saturated rings. The standard InChI is InChI=1S/C17H12Cl2N2OS/c1-10-15(11-6-3-2-4-7-11)20-17(23-10)21-16(22)12-8-5-9-13(18)14(12)19/h2-9H,1H3,(H,20,21,22). The Kier molecular flexibility index (Phi) is 4.66. The van der Waals surface area contributed by atoms with E-state index in [2.05, 4.69) is 10.3 Å². The predicted molar refractivity (Wildman–Crippen MR) is 96.7 cm³/mol.